The molecule has 0 saturated heterocycles. The Morgan fingerprint density at radius 3 is 2.40 bits per heavy atom. The molecule has 0 aliphatic rings. The normalized spacial score (nSPS) is 12.7. The number of ether oxygens (including phenoxy) is 2. The third-order valence-corrected chi connectivity index (χ3v) is 8.63. The lowest BCUT2D eigenvalue weighted by Gasteiger charge is -2.16. The number of carbonyl (C=O) groups excluding carboxylic acids is 1. The molecule has 0 bridgehead atoms. The van der Waals surface area contributed by atoms with Crippen molar-refractivity contribution in [1.82, 2.24) is 24.6 Å². The molecular formula is C35H37F3N6O3S. The van der Waals surface area contributed by atoms with Gasteiger partial charge in [0.25, 0.3) is 0 Å². The number of amides is 2. The molecule has 9 nitrogen and oxygen atoms in total. The Morgan fingerprint density at radius 1 is 1.02 bits per heavy atom. The van der Waals surface area contributed by atoms with E-state index in [1.54, 1.807) is 7.11 Å². The number of benzene rings is 3. The molecule has 2 aromatic heterocycles. The van der Waals surface area contributed by atoms with Crippen LogP contribution in [0, 0.1) is 6.92 Å². The van der Waals surface area contributed by atoms with Crippen LogP contribution in [0.5, 0.6) is 11.5 Å². The molecule has 5 aromatic rings. The van der Waals surface area contributed by atoms with Gasteiger partial charge < -0.3 is 14.8 Å². The topological polar surface area (TPSA) is 95.6 Å². The zero-order chi connectivity index (χ0) is 34.4. The summed E-state index contributed by atoms with van der Waals surface area (Å²) in [6.07, 6.45) is -0.779. The Hall–Kier alpha value is -4.91. The van der Waals surface area contributed by atoms with Crippen LogP contribution in [0.15, 0.2) is 83.4 Å². The molecule has 1 N–H and O–H groups in total. The molecule has 1 unspecified atom stereocenters. The fourth-order valence-corrected chi connectivity index (χ4v) is 6.12. The molecule has 252 valence electrons. The summed E-state index contributed by atoms with van der Waals surface area (Å²) < 4.78 is 50.2. The highest BCUT2D eigenvalue weighted by Gasteiger charge is 2.31. The van der Waals surface area contributed by atoms with E-state index in [2.05, 4.69) is 45.0 Å². The van der Waals surface area contributed by atoms with Crippen molar-refractivity contribution in [3.63, 3.8) is 0 Å². The first kappa shape index (κ1) is 34.4. The number of nitrogens with one attached hydrogen (secondary N) is 1. The Morgan fingerprint density at radius 2 is 1.73 bits per heavy atom. The minimum absolute atomic E-state index is 0.0691. The number of rotatable bonds is 11. The van der Waals surface area contributed by atoms with Crippen LogP contribution in [-0.2, 0) is 6.42 Å². The van der Waals surface area contributed by atoms with Crippen LogP contribution in [0.3, 0.4) is 0 Å². The molecule has 2 amide bonds. The van der Waals surface area contributed by atoms with Gasteiger partial charge in [0, 0.05) is 28.7 Å². The van der Waals surface area contributed by atoms with Crippen molar-refractivity contribution in [3.05, 3.63) is 100 Å². The number of hydrogen-bond acceptors (Lipinski definition) is 6. The zero-order valence-electron chi connectivity index (χ0n) is 27.3. The summed E-state index contributed by atoms with van der Waals surface area (Å²) in [4.78, 5) is 22.3. The van der Waals surface area contributed by atoms with Crippen LogP contribution in [0.1, 0.15) is 56.4 Å². The first-order valence-electron chi connectivity index (χ1n) is 15.5. The van der Waals surface area contributed by atoms with Crippen molar-refractivity contribution in [1.29, 1.82) is 0 Å². The number of aryl methyl sites for hydroxylation is 2. The summed E-state index contributed by atoms with van der Waals surface area (Å²) in [6.45, 7) is 8.24. The van der Waals surface area contributed by atoms with Gasteiger partial charge >= 0.3 is 12.4 Å². The number of hydrogen-bond donors (Lipinski definition) is 1. The van der Waals surface area contributed by atoms with Crippen LogP contribution in [0.2, 0.25) is 0 Å². The molecule has 5 rings (SSSR count). The minimum Gasteiger partial charge on any atom is -0.497 e. The number of thiazole rings is 1. The average molecular weight is 679 g/mol. The molecule has 3 aromatic carbocycles. The average Bonchev–Trinajstić information content (AvgIpc) is 3.67. The maximum Gasteiger partial charge on any atom is 0.573 e. The lowest BCUT2D eigenvalue weighted by atomic mass is 10.0. The second-order valence-electron chi connectivity index (χ2n) is 11.7. The van der Waals surface area contributed by atoms with Crippen molar-refractivity contribution >= 4 is 17.4 Å². The van der Waals surface area contributed by atoms with E-state index in [0.717, 1.165) is 53.1 Å². The number of urea groups is 1. The van der Waals surface area contributed by atoms with E-state index in [1.165, 1.54) is 46.6 Å². The molecule has 1 atom stereocenters. The Bertz CT molecular complexity index is 1910. The zero-order valence-corrected chi connectivity index (χ0v) is 28.1. The fraction of sp³-hybridized carbons (Fsp3) is 0.314. The summed E-state index contributed by atoms with van der Waals surface area (Å²) in [5, 5.41) is 9.46. The first-order chi connectivity index (χ1) is 22.9. The predicted octanol–water partition coefficient (Wildman–Crippen LogP) is 8.15. The van der Waals surface area contributed by atoms with E-state index < -0.39 is 6.36 Å². The van der Waals surface area contributed by atoms with Crippen LogP contribution >= 0.6 is 11.3 Å². The number of nitrogens with zero attached hydrogens (tertiary/aromatic N) is 5. The summed E-state index contributed by atoms with van der Waals surface area (Å²) in [6, 6.07) is 18.8. The van der Waals surface area contributed by atoms with E-state index in [9.17, 15) is 18.0 Å². The molecule has 48 heavy (non-hydrogen) atoms. The van der Waals surface area contributed by atoms with Gasteiger partial charge in [0.05, 0.1) is 18.5 Å². The molecule has 0 saturated carbocycles. The molecule has 0 spiro atoms. The quantitative estimate of drug-likeness (QED) is 0.152. The number of aromatic nitrogens is 4. The van der Waals surface area contributed by atoms with E-state index >= 15 is 0 Å². The van der Waals surface area contributed by atoms with Crippen molar-refractivity contribution in [2.24, 2.45) is 4.99 Å². The molecule has 0 aliphatic heterocycles. The standard InChI is InChI=1S/C35H37F3N6O3S/c1-22(2)30-18-17-29(46-5)19-31(30)44-24(4)20-48-34(44)41-33(45)40-23(3)7-6-8-25-9-11-26(12-10-25)32-39-21-43(42-32)27-13-15-28(16-14-27)47-35(36,37)38/h9-23H,6-8H2,1-5H3,(H,40,45). The third-order valence-electron chi connectivity index (χ3n) is 7.69. The lowest BCUT2D eigenvalue weighted by Crippen LogP contribution is -2.32. The van der Waals surface area contributed by atoms with Gasteiger partial charge in [-0.05, 0) is 80.5 Å². The highest BCUT2D eigenvalue weighted by atomic mass is 32.1. The van der Waals surface area contributed by atoms with Gasteiger partial charge in [0.2, 0.25) is 0 Å². The van der Waals surface area contributed by atoms with Crippen LogP contribution in [0.4, 0.5) is 18.0 Å². The summed E-state index contributed by atoms with van der Waals surface area (Å²) in [7, 11) is 1.64. The van der Waals surface area contributed by atoms with Gasteiger partial charge in [-0.15, -0.1) is 29.6 Å². The number of halogens is 3. The van der Waals surface area contributed by atoms with Gasteiger partial charge in [0.15, 0.2) is 10.6 Å². The smallest absolute Gasteiger partial charge is 0.497 e. The maximum atomic E-state index is 13.0. The Balaban J connectivity index is 1.15. The molecular weight excluding hydrogens is 641 g/mol. The molecule has 0 radical (unpaired) electrons. The first-order valence-corrected chi connectivity index (χ1v) is 16.4. The number of carbonyl (C=O) groups is 1. The van der Waals surface area contributed by atoms with Crippen LogP contribution in [-0.4, -0.2) is 44.9 Å². The second-order valence-corrected chi connectivity index (χ2v) is 12.5. The molecule has 0 aliphatic carbocycles. The van der Waals surface area contributed by atoms with Crippen LogP contribution < -0.4 is 19.6 Å². The third kappa shape index (κ3) is 8.71. The van der Waals surface area contributed by atoms with Crippen molar-refractivity contribution < 1.29 is 27.4 Å². The summed E-state index contributed by atoms with van der Waals surface area (Å²) in [5.74, 6) is 1.20. The van der Waals surface area contributed by atoms with Crippen LogP contribution in [0.25, 0.3) is 22.8 Å². The van der Waals surface area contributed by atoms with E-state index in [-0.39, 0.29) is 23.7 Å². The van der Waals surface area contributed by atoms with Crippen molar-refractivity contribution in [3.8, 4) is 34.3 Å². The van der Waals surface area contributed by atoms with Gasteiger partial charge in [-0.1, -0.05) is 44.2 Å². The SMILES string of the molecule is COc1ccc(C(C)C)c(-n2c(C)csc2=NC(=O)NC(C)CCCc2ccc(-c3ncn(-c4ccc(OC(F)(F)F)cc4)n3)cc2)c1. The second kappa shape index (κ2) is 14.9. The van der Waals surface area contributed by atoms with E-state index in [0.29, 0.717) is 16.3 Å². The monoisotopic (exact) mass is 678 g/mol. The Labute approximate surface area is 280 Å². The molecule has 2 heterocycles. The molecule has 13 heteroatoms. The van der Waals surface area contributed by atoms with E-state index in [4.69, 9.17) is 4.74 Å². The van der Waals surface area contributed by atoms with Gasteiger partial charge in [-0.2, -0.15) is 4.99 Å². The maximum absolute atomic E-state index is 13.0. The van der Waals surface area contributed by atoms with Crippen molar-refractivity contribution in [2.75, 3.05) is 7.11 Å². The van der Waals surface area contributed by atoms with Gasteiger partial charge in [0.1, 0.15) is 17.8 Å². The fourth-order valence-electron chi connectivity index (χ4n) is 5.25. The van der Waals surface area contributed by atoms with Gasteiger partial charge in [-0.25, -0.2) is 14.5 Å². The largest absolute Gasteiger partial charge is 0.573 e. The number of methoxy groups -OCH3 is 1. The molecule has 0 fully saturated rings. The number of alkyl halides is 3. The van der Waals surface area contributed by atoms with E-state index in [1.807, 2.05) is 60.2 Å². The Kier molecular flexibility index (Phi) is 10.7. The highest BCUT2D eigenvalue weighted by molar-refractivity contribution is 7.07. The van der Waals surface area contributed by atoms with Crippen molar-refractivity contribution in [2.45, 2.75) is 65.3 Å². The lowest BCUT2D eigenvalue weighted by molar-refractivity contribution is -0.274. The summed E-state index contributed by atoms with van der Waals surface area (Å²) >= 11 is 1.42. The minimum atomic E-state index is -4.75. The van der Waals surface area contributed by atoms with Gasteiger partial charge in [-0.3, -0.25) is 4.57 Å². The highest BCUT2D eigenvalue weighted by Crippen LogP contribution is 2.28. The summed E-state index contributed by atoms with van der Waals surface area (Å²) in [5.41, 5.74) is 5.57. The predicted molar refractivity (Wildman–Crippen MR) is 179 cm³/mol.